The number of amides is 2. The maximum absolute atomic E-state index is 13.8. The zero-order chi connectivity index (χ0) is 28.0. The Balaban J connectivity index is 2.05. The quantitative estimate of drug-likeness (QED) is 0.409. The summed E-state index contributed by atoms with van der Waals surface area (Å²) in [5, 5.41) is 2.80. The molecule has 0 saturated heterocycles. The van der Waals surface area contributed by atoms with E-state index >= 15 is 0 Å². The van der Waals surface area contributed by atoms with Crippen LogP contribution in [0.25, 0.3) is 0 Å². The summed E-state index contributed by atoms with van der Waals surface area (Å²) >= 11 is 0. The van der Waals surface area contributed by atoms with Crippen molar-refractivity contribution in [3.63, 3.8) is 0 Å². The molecule has 0 spiro atoms. The van der Waals surface area contributed by atoms with Gasteiger partial charge in [-0.2, -0.15) is 0 Å². The first-order chi connectivity index (χ1) is 17.9. The van der Waals surface area contributed by atoms with Crippen molar-refractivity contribution in [1.82, 2.24) is 10.2 Å². The summed E-state index contributed by atoms with van der Waals surface area (Å²) in [5.74, 6) is -1.37. The van der Waals surface area contributed by atoms with Gasteiger partial charge in [0.25, 0.3) is 10.0 Å². The topological polar surface area (TPSA) is 86.8 Å². The van der Waals surface area contributed by atoms with E-state index in [2.05, 4.69) is 5.32 Å². The number of rotatable bonds is 10. The first-order valence-electron chi connectivity index (χ1n) is 12.4. The van der Waals surface area contributed by atoms with E-state index in [1.165, 1.54) is 41.3 Å². The Hall–Kier alpha value is -3.72. The van der Waals surface area contributed by atoms with E-state index in [1.807, 2.05) is 33.8 Å². The summed E-state index contributed by atoms with van der Waals surface area (Å²) in [6, 6.07) is 17.8. The number of halogens is 1. The number of carbonyl (C=O) groups excluding carboxylic acids is 2. The predicted octanol–water partition coefficient (Wildman–Crippen LogP) is 4.58. The SMILES string of the molecule is Cc1cc(C)cc(N(CC(=O)N(Cc2ccc(F)cc2)[C@@H](C)C(=O)NC(C)C)S(=O)(=O)c2ccccc2)c1. The second-order valence-electron chi connectivity index (χ2n) is 9.66. The first-order valence-corrected chi connectivity index (χ1v) is 13.8. The molecule has 0 saturated carbocycles. The smallest absolute Gasteiger partial charge is 0.264 e. The molecule has 0 aliphatic heterocycles. The summed E-state index contributed by atoms with van der Waals surface area (Å²) < 4.78 is 42.2. The van der Waals surface area contributed by atoms with Gasteiger partial charge >= 0.3 is 0 Å². The fourth-order valence-corrected chi connectivity index (χ4v) is 5.54. The van der Waals surface area contributed by atoms with Crippen molar-refractivity contribution in [1.29, 1.82) is 0 Å². The molecule has 1 atom stereocenters. The average molecular weight is 540 g/mol. The molecule has 0 bridgehead atoms. The molecular weight excluding hydrogens is 505 g/mol. The normalized spacial score (nSPS) is 12.2. The Morgan fingerprint density at radius 1 is 0.895 bits per heavy atom. The maximum atomic E-state index is 13.8. The van der Waals surface area contributed by atoms with Crippen LogP contribution in [0.3, 0.4) is 0 Å². The number of benzene rings is 3. The van der Waals surface area contributed by atoms with Crippen LogP contribution in [0.4, 0.5) is 10.1 Å². The molecule has 3 aromatic rings. The zero-order valence-corrected chi connectivity index (χ0v) is 23.1. The second-order valence-corrected chi connectivity index (χ2v) is 11.5. The standard InChI is InChI=1S/C29H34FN3O4S/c1-20(2)31-29(35)23(5)32(18-24-11-13-25(30)14-12-24)28(34)19-33(26-16-21(3)15-22(4)17-26)38(36,37)27-9-7-6-8-10-27/h6-17,20,23H,18-19H2,1-5H3,(H,31,35)/t23-/m0/s1. The minimum absolute atomic E-state index is 0.00212. The Morgan fingerprint density at radius 3 is 2.03 bits per heavy atom. The molecule has 2 amide bonds. The van der Waals surface area contributed by atoms with Gasteiger partial charge in [-0.05, 0) is 87.7 Å². The zero-order valence-electron chi connectivity index (χ0n) is 22.3. The minimum Gasteiger partial charge on any atom is -0.352 e. The number of sulfonamides is 1. The molecular formula is C29H34FN3O4S. The number of carbonyl (C=O) groups is 2. The lowest BCUT2D eigenvalue weighted by atomic mass is 10.1. The summed E-state index contributed by atoms with van der Waals surface area (Å²) in [4.78, 5) is 28.1. The van der Waals surface area contributed by atoms with E-state index in [-0.39, 0.29) is 23.4 Å². The van der Waals surface area contributed by atoms with Gasteiger partial charge in [0.05, 0.1) is 10.6 Å². The van der Waals surface area contributed by atoms with Gasteiger partial charge in [0.1, 0.15) is 18.4 Å². The van der Waals surface area contributed by atoms with Crippen LogP contribution in [0, 0.1) is 19.7 Å². The van der Waals surface area contributed by atoms with Gasteiger partial charge in [-0.15, -0.1) is 0 Å². The number of hydrogen-bond acceptors (Lipinski definition) is 4. The van der Waals surface area contributed by atoms with E-state index < -0.39 is 34.3 Å². The fourth-order valence-electron chi connectivity index (χ4n) is 4.12. The van der Waals surface area contributed by atoms with Crippen LogP contribution in [0.15, 0.2) is 77.7 Å². The summed E-state index contributed by atoms with van der Waals surface area (Å²) in [5.41, 5.74) is 2.63. The number of anilines is 1. The van der Waals surface area contributed by atoms with E-state index in [4.69, 9.17) is 0 Å². The first kappa shape index (κ1) is 28.8. The van der Waals surface area contributed by atoms with Crippen molar-refractivity contribution in [2.45, 2.75) is 58.1 Å². The van der Waals surface area contributed by atoms with Crippen LogP contribution < -0.4 is 9.62 Å². The van der Waals surface area contributed by atoms with E-state index in [9.17, 15) is 22.4 Å². The number of nitrogens with zero attached hydrogens (tertiary/aromatic N) is 2. The molecule has 202 valence electrons. The van der Waals surface area contributed by atoms with Gasteiger partial charge in [-0.25, -0.2) is 12.8 Å². The maximum Gasteiger partial charge on any atom is 0.264 e. The minimum atomic E-state index is -4.12. The largest absolute Gasteiger partial charge is 0.352 e. The van der Waals surface area contributed by atoms with Crippen LogP contribution in [0.1, 0.15) is 37.5 Å². The third-order valence-electron chi connectivity index (χ3n) is 5.97. The number of nitrogens with one attached hydrogen (secondary N) is 1. The van der Waals surface area contributed by atoms with Gasteiger partial charge in [0.2, 0.25) is 11.8 Å². The summed E-state index contributed by atoms with van der Waals surface area (Å²) in [7, 11) is -4.12. The highest BCUT2D eigenvalue weighted by atomic mass is 32.2. The molecule has 0 radical (unpaired) electrons. The van der Waals surface area contributed by atoms with Gasteiger partial charge in [0, 0.05) is 12.6 Å². The highest BCUT2D eigenvalue weighted by Gasteiger charge is 2.32. The molecule has 0 fully saturated rings. The van der Waals surface area contributed by atoms with E-state index in [0.717, 1.165) is 15.4 Å². The van der Waals surface area contributed by atoms with Gasteiger partial charge in [0.15, 0.2) is 0 Å². The number of hydrogen-bond donors (Lipinski definition) is 1. The number of aryl methyl sites for hydroxylation is 2. The lowest BCUT2D eigenvalue weighted by Gasteiger charge is -2.32. The second kappa shape index (κ2) is 12.2. The lowest BCUT2D eigenvalue weighted by Crippen LogP contribution is -2.52. The predicted molar refractivity (Wildman–Crippen MR) is 147 cm³/mol. The molecule has 0 aromatic heterocycles. The highest BCUT2D eigenvalue weighted by molar-refractivity contribution is 7.92. The lowest BCUT2D eigenvalue weighted by molar-refractivity contribution is -0.139. The van der Waals surface area contributed by atoms with Crippen LogP contribution >= 0.6 is 0 Å². The molecule has 3 aromatic carbocycles. The molecule has 38 heavy (non-hydrogen) atoms. The third-order valence-corrected chi connectivity index (χ3v) is 7.76. The molecule has 0 aliphatic carbocycles. The van der Waals surface area contributed by atoms with Gasteiger partial charge < -0.3 is 10.2 Å². The monoisotopic (exact) mass is 539 g/mol. The van der Waals surface area contributed by atoms with Gasteiger partial charge in [-0.1, -0.05) is 36.4 Å². The molecule has 0 heterocycles. The molecule has 1 N–H and O–H groups in total. The average Bonchev–Trinajstić information content (AvgIpc) is 2.85. The molecule has 9 heteroatoms. The van der Waals surface area contributed by atoms with Crippen molar-refractivity contribution in [2.75, 3.05) is 10.8 Å². The van der Waals surface area contributed by atoms with Crippen molar-refractivity contribution < 1.29 is 22.4 Å². The molecule has 3 rings (SSSR count). The van der Waals surface area contributed by atoms with Crippen molar-refractivity contribution in [3.8, 4) is 0 Å². The van der Waals surface area contributed by atoms with E-state index in [0.29, 0.717) is 11.3 Å². The van der Waals surface area contributed by atoms with Crippen LogP contribution in [0.2, 0.25) is 0 Å². The summed E-state index contributed by atoms with van der Waals surface area (Å²) in [6.45, 7) is 8.38. The van der Waals surface area contributed by atoms with E-state index in [1.54, 1.807) is 37.3 Å². The van der Waals surface area contributed by atoms with Crippen molar-refractivity contribution >= 4 is 27.5 Å². The Morgan fingerprint density at radius 2 is 1.47 bits per heavy atom. The van der Waals surface area contributed by atoms with Crippen LogP contribution in [0.5, 0.6) is 0 Å². The van der Waals surface area contributed by atoms with Crippen molar-refractivity contribution in [3.05, 3.63) is 95.3 Å². The van der Waals surface area contributed by atoms with Gasteiger partial charge in [-0.3, -0.25) is 13.9 Å². The molecule has 0 unspecified atom stereocenters. The Labute approximate surface area is 224 Å². The molecule has 0 aliphatic rings. The summed E-state index contributed by atoms with van der Waals surface area (Å²) in [6.07, 6.45) is 0. The Bertz CT molecular complexity index is 1360. The molecule has 7 nitrogen and oxygen atoms in total. The van der Waals surface area contributed by atoms with Crippen molar-refractivity contribution in [2.24, 2.45) is 0 Å². The highest BCUT2D eigenvalue weighted by Crippen LogP contribution is 2.26. The fraction of sp³-hybridized carbons (Fsp3) is 0.310. The third kappa shape index (κ3) is 7.19. The Kier molecular flexibility index (Phi) is 9.27. The van der Waals surface area contributed by atoms with Crippen LogP contribution in [-0.2, 0) is 26.2 Å². The van der Waals surface area contributed by atoms with Crippen LogP contribution in [-0.4, -0.2) is 43.8 Å².